The molecule has 0 spiro atoms. The number of fused-ring (bicyclic) bond motifs is 1. The SMILES string of the molecule is CC(C)(C)c1cc2cccc(CC(C)(C)c3ncc(Cl)s3)n2c1. The Morgan fingerprint density at radius 3 is 2.52 bits per heavy atom. The molecular formula is C19H23ClN2S. The van der Waals surface area contributed by atoms with Crippen molar-refractivity contribution < 1.29 is 0 Å². The van der Waals surface area contributed by atoms with Crippen molar-refractivity contribution in [1.82, 2.24) is 9.38 Å². The molecule has 0 saturated heterocycles. The lowest BCUT2D eigenvalue weighted by Crippen LogP contribution is -2.21. The Balaban J connectivity index is 2.01. The normalized spacial score (nSPS) is 13.0. The summed E-state index contributed by atoms with van der Waals surface area (Å²) in [5.41, 5.74) is 4.02. The maximum absolute atomic E-state index is 6.07. The second-order valence-electron chi connectivity index (χ2n) is 7.82. The van der Waals surface area contributed by atoms with Crippen LogP contribution in [0.4, 0.5) is 0 Å². The first kappa shape index (κ1) is 16.5. The molecule has 3 heterocycles. The van der Waals surface area contributed by atoms with Gasteiger partial charge in [0.2, 0.25) is 0 Å². The molecule has 122 valence electrons. The van der Waals surface area contributed by atoms with Gasteiger partial charge in [0.05, 0.1) is 6.20 Å². The molecule has 0 fully saturated rings. The summed E-state index contributed by atoms with van der Waals surface area (Å²) < 4.78 is 3.07. The number of hydrogen-bond acceptors (Lipinski definition) is 2. The molecule has 0 bridgehead atoms. The van der Waals surface area contributed by atoms with E-state index in [1.54, 1.807) is 17.5 Å². The Morgan fingerprint density at radius 2 is 1.91 bits per heavy atom. The van der Waals surface area contributed by atoms with Crippen molar-refractivity contribution in [3.05, 3.63) is 57.3 Å². The van der Waals surface area contributed by atoms with Crippen LogP contribution in [0.1, 0.15) is 50.9 Å². The van der Waals surface area contributed by atoms with E-state index in [9.17, 15) is 0 Å². The fourth-order valence-corrected chi connectivity index (χ4v) is 3.86. The van der Waals surface area contributed by atoms with Crippen molar-refractivity contribution in [2.45, 2.75) is 51.9 Å². The molecule has 4 heteroatoms. The highest BCUT2D eigenvalue weighted by Gasteiger charge is 2.26. The van der Waals surface area contributed by atoms with Crippen molar-refractivity contribution in [2.24, 2.45) is 0 Å². The smallest absolute Gasteiger partial charge is 0.113 e. The Hall–Kier alpha value is -1.32. The number of hydrogen-bond donors (Lipinski definition) is 0. The molecule has 0 N–H and O–H groups in total. The summed E-state index contributed by atoms with van der Waals surface area (Å²) in [4.78, 5) is 4.49. The summed E-state index contributed by atoms with van der Waals surface area (Å²) in [5, 5.41) is 1.09. The zero-order valence-corrected chi connectivity index (χ0v) is 15.9. The van der Waals surface area contributed by atoms with E-state index >= 15 is 0 Å². The summed E-state index contributed by atoms with van der Waals surface area (Å²) in [6.07, 6.45) is 4.94. The summed E-state index contributed by atoms with van der Waals surface area (Å²) >= 11 is 7.64. The molecular weight excluding hydrogens is 324 g/mol. The molecule has 0 aliphatic rings. The Labute approximate surface area is 147 Å². The van der Waals surface area contributed by atoms with Gasteiger partial charge in [0.1, 0.15) is 9.34 Å². The molecule has 3 aromatic heterocycles. The predicted molar refractivity (Wildman–Crippen MR) is 100.0 cm³/mol. The van der Waals surface area contributed by atoms with E-state index in [1.807, 2.05) is 0 Å². The quantitative estimate of drug-likeness (QED) is 0.580. The minimum atomic E-state index is -0.0434. The number of thiazole rings is 1. The average Bonchev–Trinajstić information content (AvgIpc) is 3.04. The van der Waals surface area contributed by atoms with Crippen LogP contribution in [-0.2, 0) is 17.3 Å². The summed E-state index contributed by atoms with van der Waals surface area (Å²) in [5.74, 6) is 0. The molecule has 23 heavy (non-hydrogen) atoms. The van der Waals surface area contributed by atoms with E-state index < -0.39 is 0 Å². The second kappa shape index (κ2) is 5.64. The lowest BCUT2D eigenvalue weighted by atomic mass is 9.88. The maximum atomic E-state index is 6.07. The fraction of sp³-hybridized carbons (Fsp3) is 0.421. The Bertz CT molecular complexity index is 837. The number of rotatable bonds is 3. The van der Waals surface area contributed by atoms with Gasteiger partial charge in [-0.2, -0.15) is 0 Å². The van der Waals surface area contributed by atoms with Crippen molar-refractivity contribution in [3.63, 3.8) is 0 Å². The number of aromatic nitrogens is 2. The monoisotopic (exact) mass is 346 g/mol. The van der Waals surface area contributed by atoms with E-state index in [0.29, 0.717) is 0 Å². The summed E-state index contributed by atoms with van der Waals surface area (Å²) in [7, 11) is 0. The highest BCUT2D eigenvalue weighted by atomic mass is 35.5. The highest BCUT2D eigenvalue weighted by Crippen LogP contribution is 2.33. The standard InChI is InChI=1S/C19H23ClN2S/c1-18(2,3)13-9-14-7-6-8-15(22(14)12-13)10-19(4,5)17-21-11-16(20)23-17/h6-9,11-12H,10H2,1-5H3. The lowest BCUT2D eigenvalue weighted by molar-refractivity contribution is 0.509. The van der Waals surface area contributed by atoms with Gasteiger partial charge >= 0.3 is 0 Å². The Morgan fingerprint density at radius 1 is 1.17 bits per heavy atom. The van der Waals surface area contributed by atoms with E-state index in [0.717, 1.165) is 15.8 Å². The molecule has 0 aromatic carbocycles. The molecule has 0 unspecified atom stereocenters. The van der Waals surface area contributed by atoms with Crippen LogP contribution in [0.3, 0.4) is 0 Å². The number of pyridine rings is 1. The summed E-state index contributed by atoms with van der Waals surface area (Å²) in [6.45, 7) is 11.2. The van der Waals surface area contributed by atoms with E-state index in [2.05, 4.69) is 74.5 Å². The molecule has 0 aliphatic heterocycles. The third-order valence-corrected chi connectivity index (χ3v) is 5.74. The van der Waals surface area contributed by atoms with Gasteiger partial charge in [-0.1, -0.05) is 52.3 Å². The van der Waals surface area contributed by atoms with E-state index in [1.165, 1.54) is 16.8 Å². The van der Waals surface area contributed by atoms with Gasteiger partial charge < -0.3 is 4.40 Å². The average molecular weight is 347 g/mol. The van der Waals surface area contributed by atoms with Gasteiger partial charge in [0.15, 0.2) is 0 Å². The van der Waals surface area contributed by atoms with Crippen molar-refractivity contribution in [2.75, 3.05) is 0 Å². The molecule has 0 radical (unpaired) electrons. The van der Waals surface area contributed by atoms with E-state index in [4.69, 9.17) is 11.6 Å². The first-order valence-electron chi connectivity index (χ1n) is 7.89. The minimum Gasteiger partial charge on any atom is -0.321 e. The molecule has 3 rings (SSSR count). The second-order valence-corrected chi connectivity index (χ2v) is 9.48. The molecule has 0 amide bonds. The highest BCUT2D eigenvalue weighted by molar-refractivity contribution is 7.15. The first-order chi connectivity index (χ1) is 10.7. The van der Waals surface area contributed by atoms with Crippen LogP contribution in [0.2, 0.25) is 4.34 Å². The molecule has 2 nitrogen and oxygen atoms in total. The third-order valence-electron chi connectivity index (χ3n) is 4.26. The molecule has 3 aromatic rings. The van der Waals surface area contributed by atoms with Gasteiger partial charge in [0, 0.05) is 22.8 Å². The van der Waals surface area contributed by atoms with E-state index in [-0.39, 0.29) is 10.8 Å². The van der Waals surface area contributed by atoms with Crippen LogP contribution < -0.4 is 0 Å². The molecule has 0 atom stereocenters. The van der Waals surface area contributed by atoms with Gasteiger partial charge in [-0.25, -0.2) is 4.98 Å². The predicted octanol–water partition coefficient (Wildman–Crippen LogP) is 5.87. The van der Waals surface area contributed by atoms with Crippen molar-refractivity contribution in [1.29, 1.82) is 0 Å². The number of halogens is 1. The molecule has 0 aliphatic carbocycles. The molecule has 0 saturated carbocycles. The number of nitrogens with zero attached hydrogens (tertiary/aromatic N) is 2. The minimum absolute atomic E-state index is 0.0434. The van der Waals surface area contributed by atoms with Gasteiger partial charge in [-0.15, -0.1) is 11.3 Å². The van der Waals surface area contributed by atoms with Crippen LogP contribution in [0.15, 0.2) is 36.7 Å². The summed E-state index contributed by atoms with van der Waals surface area (Å²) in [6, 6.07) is 8.81. The largest absolute Gasteiger partial charge is 0.321 e. The zero-order valence-electron chi connectivity index (χ0n) is 14.4. The van der Waals surface area contributed by atoms with Gasteiger partial charge in [-0.3, -0.25) is 0 Å². The topological polar surface area (TPSA) is 17.3 Å². The van der Waals surface area contributed by atoms with Crippen LogP contribution in [0.25, 0.3) is 5.52 Å². The van der Waals surface area contributed by atoms with Crippen LogP contribution >= 0.6 is 22.9 Å². The van der Waals surface area contributed by atoms with Crippen LogP contribution in [-0.4, -0.2) is 9.38 Å². The zero-order chi connectivity index (χ0) is 16.8. The van der Waals surface area contributed by atoms with Gasteiger partial charge in [0.25, 0.3) is 0 Å². The third kappa shape index (κ3) is 3.31. The van der Waals surface area contributed by atoms with Crippen molar-refractivity contribution >= 4 is 28.5 Å². The Kier molecular flexibility index (Phi) is 4.06. The maximum Gasteiger partial charge on any atom is 0.113 e. The van der Waals surface area contributed by atoms with Gasteiger partial charge in [-0.05, 0) is 35.6 Å². The van der Waals surface area contributed by atoms with Crippen molar-refractivity contribution in [3.8, 4) is 0 Å². The fourth-order valence-electron chi connectivity index (χ4n) is 2.84. The first-order valence-corrected chi connectivity index (χ1v) is 9.08. The van der Waals surface area contributed by atoms with Crippen LogP contribution in [0, 0.1) is 0 Å². The lowest BCUT2D eigenvalue weighted by Gasteiger charge is -2.22. The van der Waals surface area contributed by atoms with Crippen LogP contribution in [0.5, 0.6) is 0 Å².